The molecular formula is C14H18N4. The van der Waals surface area contributed by atoms with Gasteiger partial charge in [0.05, 0.1) is 0 Å². The van der Waals surface area contributed by atoms with Gasteiger partial charge in [0.2, 0.25) is 0 Å². The fourth-order valence-electron chi connectivity index (χ4n) is 1.63. The zero-order valence-electron chi connectivity index (χ0n) is 10.8. The predicted octanol–water partition coefficient (Wildman–Crippen LogP) is 2.83. The van der Waals surface area contributed by atoms with Crippen LogP contribution in [-0.4, -0.2) is 16.5 Å². The van der Waals surface area contributed by atoms with E-state index in [-0.39, 0.29) is 0 Å². The molecule has 0 saturated heterocycles. The second kappa shape index (κ2) is 6.00. The molecule has 94 valence electrons. The van der Waals surface area contributed by atoms with Crippen LogP contribution in [0.2, 0.25) is 0 Å². The SMILES string of the molecule is CCNc1cc(NCc2ccc(C)nc2)ccn1. The Morgan fingerprint density at radius 2 is 2.00 bits per heavy atom. The summed E-state index contributed by atoms with van der Waals surface area (Å²) >= 11 is 0. The Morgan fingerprint density at radius 3 is 2.72 bits per heavy atom. The average Bonchev–Trinajstić information content (AvgIpc) is 2.39. The van der Waals surface area contributed by atoms with E-state index in [1.807, 2.05) is 31.3 Å². The van der Waals surface area contributed by atoms with E-state index in [2.05, 4.69) is 33.6 Å². The van der Waals surface area contributed by atoms with E-state index in [0.29, 0.717) is 0 Å². The minimum Gasteiger partial charge on any atom is -0.381 e. The van der Waals surface area contributed by atoms with E-state index in [0.717, 1.165) is 30.3 Å². The Hall–Kier alpha value is -2.10. The predicted molar refractivity (Wildman–Crippen MR) is 74.7 cm³/mol. The molecule has 2 N–H and O–H groups in total. The summed E-state index contributed by atoms with van der Waals surface area (Å²) in [6.45, 7) is 5.68. The number of hydrogen-bond acceptors (Lipinski definition) is 4. The molecule has 0 radical (unpaired) electrons. The molecule has 4 heteroatoms. The maximum Gasteiger partial charge on any atom is 0.127 e. The van der Waals surface area contributed by atoms with Crippen molar-refractivity contribution in [1.82, 2.24) is 9.97 Å². The maximum atomic E-state index is 4.27. The third-order valence-electron chi connectivity index (χ3n) is 2.59. The first-order valence-electron chi connectivity index (χ1n) is 6.13. The Kier molecular flexibility index (Phi) is 4.12. The van der Waals surface area contributed by atoms with Crippen LogP contribution in [0.4, 0.5) is 11.5 Å². The lowest BCUT2D eigenvalue weighted by atomic mass is 10.2. The quantitative estimate of drug-likeness (QED) is 0.846. The topological polar surface area (TPSA) is 49.8 Å². The number of aryl methyl sites for hydroxylation is 1. The molecule has 0 fully saturated rings. The highest BCUT2D eigenvalue weighted by atomic mass is 15.0. The summed E-state index contributed by atoms with van der Waals surface area (Å²) in [6, 6.07) is 8.07. The highest BCUT2D eigenvalue weighted by Gasteiger charge is 1.97. The van der Waals surface area contributed by atoms with Gasteiger partial charge in [-0.15, -0.1) is 0 Å². The van der Waals surface area contributed by atoms with Crippen LogP contribution in [-0.2, 0) is 6.54 Å². The van der Waals surface area contributed by atoms with E-state index < -0.39 is 0 Å². The maximum absolute atomic E-state index is 4.27. The van der Waals surface area contributed by atoms with E-state index in [1.165, 1.54) is 5.56 Å². The van der Waals surface area contributed by atoms with Crippen molar-refractivity contribution in [3.05, 3.63) is 47.9 Å². The van der Waals surface area contributed by atoms with E-state index in [4.69, 9.17) is 0 Å². The number of pyridine rings is 2. The lowest BCUT2D eigenvalue weighted by Crippen LogP contribution is -2.03. The van der Waals surface area contributed by atoms with E-state index >= 15 is 0 Å². The Bertz CT molecular complexity index is 493. The molecule has 4 nitrogen and oxygen atoms in total. The van der Waals surface area contributed by atoms with Crippen molar-refractivity contribution >= 4 is 11.5 Å². The molecule has 2 rings (SSSR count). The van der Waals surface area contributed by atoms with Gasteiger partial charge in [0.15, 0.2) is 0 Å². The van der Waals surface area contributed by atoms with Crippen LogP contribution >= 0.6 is 0 Å². The summed E-state index contributed by atoms with van der Waals surface area (Å²) in [7, 11) is 0. The molecule has 0 atom stereocenters. The molecule has 0 spiro atoms. The van der Waals surface area contributed by atoms with Crippen LogP contribution in [0.1, 0.15) is 18.2 Å². The molecule has 0 saturated carbocycles. The van der Waals surface area contributed by atoms with Crippen molar-refractivity contribution in [2.24, 2.45) is 0 Å². The minimum absolute atomic E-state index is 0.767. The lowest BCUT2D eigenvalue weighted by Gasteiger charge is -2.08. The summed E-state index contributed by atoms with van der Waals surface area (Å²) < 4.78 is 0. The van der Waals surface area contributed by atoms with Gasteiger partial charge in [0.25, 0.3) is 0 Å². The van der Waals surface area contributed by atoms with Crippen LogP contribution < -0.4 is 10.6 Å². The molecule has 0 aromatic carbocycles. The molecule has 0 amide bonds. The van der Waals surface area contributed by atoms with Crippen molar-refractivity contribution < 1.29 is 0 Å². The van der Waals surface area contributed by atoms with Crippen molar-refractivity contribution in [1.29, 1.82) is 0 Å². The summed E-state index contributed by atoms with van der Waals surface area (Å²) in [4.78, 5) is 8.51. The van der Waals surface area contributed by atoms with Gasteiger partial charge in [-0.05, 0) is 31.5 Å². The first-order chi connectivity index (χ1) is 8.78. The van der Waals surface area contributed by atoms with Crippen molar-refractivity contribution in [2.75, 3.05) is 17.2 Å². The zero-order valence-corrected chi connectivity index (χ0v) is 10.8. The van der Waals surface area contributed by atoms with Crippen molar-refractivity contribution in [2.45, 2.75) is 20.4 Å². The first-order valence-corrected chi connectivity index (χ1v) is 6.13. The number of aromatic nitrogens is 2. The largest absolute Gasteiger partial charge is 0.381 e. The second-order valence-corrected chi connectivity index (χ2v) is 4.12. The summed E-state index contributed by atoms with van der Waals surface area (Å²) in [5.41, 5.74) is 3.26. The first kappa shape index (κ1) is 12.4. The van der Waals surface area contributed by atoms with Gasteiger partial charge in [-0.2, -0.15) is 0 Å². The van der Waals surface area contributed by atoms with Crippen LogP contribution in [0.15, 0.2) is 36.7 Å². The van der Waals surface area contributed by atoms with Gasteiger partial charge >= 0.3 is 0 Å². The molecule has 2 heterocycles. The van der Waals surface area contributed by atoms with Gasteiger partial charge in [-0.1, -0.05) is 6.07 Å². The van der Waals surface area contributed by atoms with Crippen molar-refractivity contribution in [3.63, 3.8) is 0 Å². The van der Waals surface area contributed by atoms with Crippen LogP contribution in [0, 0.1) is 6.92 Å². The zero-order chi connectivity index (χ0) is 12.8. The molecule has 2 aromatic heterocycles. The monoisotopic (exact) mass is 242 g/mol. The Labute approximate surface area is 107 Å². The Morgan fingerprint density at radius 1 is 1.11 bits per heavy atom. The van der Waals surface area contributed by atoms with Gasteiger partial charge in [0.1, 0.15) is 5.82 Å². The standard InChI is InChI=1S/C14H18N4/c1-3-15-14-8-13(6-7-16-14)18-10-12-5-4-11(2)17-9-12/h4-9H,3,10H2,1-2H3,(H2,15,16,18). The summed E-state index contributed by atoms with van der Waals surface area (Å²) in [6.07, 6.45) is 3.70. The van der Waals surface area contributed by atoms with Gasteiger partial charge in [0, 0.05) is 42.9 Å². The van der Waals surface area contributed by atoms with Gasteiger partial charge in [-0.3, -0.25) is 4.98 Å². The van der Waals surface area contributed by atoms with E-state index in [9.17, 15) is 0 Å². The van der Waals surface area contributed by atoms with Crippen LogP contribution in [0.5, 0.6) is 0 Å². The normalized spacial score (nSPS) is 10.1. The van der Waals surface area contributed by atoms with Gasteiger partial charge in [-0.25, -0.2) is 4.98 Å². The fourth-order valence-corrected chi connectivity index (χ4v) is 1.63. The molecule has 2 aromatic rings. The second-order valence-electron chi connectivity index (χ2n) is 4.12. The average molecular weight is 242 g/mol. The fraction of sp³-hybridized carbons (Fsp3) is 0.286. The van der Waals surface area contributed by atoms with Crippen LogP contribution in [0.3, 0.4) is 0 Å². The lowest BCUT2D eigenvalue weighted by molar-refractivity contribution is 1.08. The summed E-state index contributed by atoms with van der Waals surface area (Å²) in [5, 5.41) is 6.55. The molecule has 0 bridgehead atoms. The number of hydrogen-bond donors (Lipinski definition) is 2. The molecule has 0 unspecified atom stereocenters. The molecule has 0 aliphatic heterocycles. The molecule has 0 aliphatic carbocycles. The van der Waals surface area contributed by atoms with Gasteiger partial charge < -0.3 is 10.6 Å². The van der Waals surface area contributed by atoms with E-state index in [1.54, 1.807) is 6.20 Å². The highest BCUT2D eigenvalue weighted by Crippen LogP contribution is 2.13. The minimum atomic E-state index is 0.767. The number of anilines is 2. The highest BCUT2D eigenvalue weighted by molar-refractivity contribution is 5.51. The molecule has 18 heavy (non-hydrogen) atoms. The smallest absolute Gasteiger partial charge is 0.127 e. The number of rotatable bonds is 5. The molecular weight excluding hydrogens is 224 g/mol. The number of nitrogens with zero attached hydrogens (tertiary/aromatic N) is 2. The summed E-state index contributed by atoms with van der Waals surface area (Å²) in [5.74, 6) is 0.893. The third kappa shape index (κ3) is 3.45. The third-order valence-corrected chi connectivity index (χ3v) is 2.59. The number of nitrogens with one attached hydrogen (secondary N) is 2. The van der Waals surface area contributed by atoms with Crippen molar-refractivity contribution in [3.8, 4) is 0 Å². The van der Waals surface area contributed by atoms with Crippen LogP contribution in [0.25, 0.3) is 0 Å². The molecule has 0 aliphatic rings. The Balaban J connectivity index is 1.97.